The lowest BCUT2D eigenvalue weighted by molar-refractivity contribution is 0.590. The molecule has 42 heavy (non-hydrogen) atoms. The first-order chi connectivity index (χ1) is 20.0. The van der Waals surface area contributed by atoms with E-state index in [1.165, 1.54) is 38.9 Å². The van der Waals surface area contributed by atoms with E-state index >= 15 is 0 Å². The second-order valence-corrected chi connectivity index (χ2v) is 12.9. The average molecular weight is 554 g/mol. The summed E-state index contributed by atoms with van der Waals surface area (Å²) in [5.74, 6) is 0. The Morgan fingerprint density at radius 2 is 0.595 bits per heavy atom. The molecule has 0 amide bonds. The Balaban J connectivity index is 0.00000198. The highest BCUT2D eigenvalue weighted by Gasteiger charge is 2.16. The summed E-state index contributed by atoms with van der Waals surface area (Å²) in [6.07, 6.45) is 0. The van der Waals surface area contributed by atoms with Gasteiger partial charge in [0.25, 0.3) is 0 Å². The molecule has 0 unspecified atom stereocenters. The van der Waals surface area contributed by atoms with Gasteiger partial charge in [-0.2, -0.15) is 0 Å². The van der Waals surface area contributed by atoms with E-state index in [1.54, 1.807) is 0 Å². The Morgan fingerprint density at radius 3 is 0.857 bits per heavy atom. The molecule has 5 aromatic rings. The quantitative estimate of drug-likeness (QED) is 0.209. The number of aryl methyl sites for hydroxylation is 1. The fourth-order valence-electron chi connectivity index (χ4n) is 5.07. The summed E-state index contributed by atoms with van der Waals surface area (Å²) in [6, 6.07) is 44.5. The molecule has 0 bridgehead atoms. The molecule has 0 saturated carbocycles. The molecule has 216 valence electrons. The first-order valence-corrected chi connectivity index (χ1v) is 15.3. The molecule has 0 radical (unpaired) electrons. The van der Waals surface area contributed by atoms with E-state index in [0.717, 1.165) is 17.1 Å². The van der Waals surface area contributed by atoms with Crippen molar-refractivity contribution in [3.05, 3.63) is 138 Å². The van der Waals surface area contributed by atoms with Crippen LogP contribution in [0.15, 0.2) is 121 Å². The second-order valence-electron chi connectivity index (χ2n) is 12.9. The highest BCUT2D eigenvalue weighted by Crippen LogP contribution is 2.37. The molecule has 0 aliphatic carbocycles. The predicted molar refractivity (Wildman–Crippen MR) is 185 cm³/mol. The Hall–Kier alpha value is -4.10. The number of anilines is 3. The molecule has 0 heterocycles. The lowest BCUT2D eigenvalue weighted by Crippen LogP contribution is -2.10. The topological polar surface area (TPSA) is 3.24 Å². The average Bonchev–Trinajstić information content (AvgIpc) is 2.99. The van der Waals surface area contributed by atoms with Crippen molar-refractivity contribution in [1.29, 1.82) is 0 Å². The van der Waals surface area contributed by atoms with Crippen molar-refractivity contribution in [2.45, 2.75) is 73.1 Å². The molecule has 0 saturated heterocycles. The molecule has 0 N–H and O–H groups in total. The lowest BCUT2D eigenvalue weighted by atomic mass is 9.86. The maximum atomic E-state index is 2.33. The van der Waals surface area contributed by atoms with Gasteiger partial charge in [-0.15, -0.1) is 0 Å². The van der Waals surface area contributed by atoms with Crippen LogP contribution >= 0.6 is 0 Å². The molecule has 1 nitrogen and oxygen atoms in total. The van der Waals surface area contributed by atoms with Crippen molar-refractivity contribution >= 4 is 17.1 Å². The van der Waals surface area contributed by atoms with Crippen LogP contribution in [0.5, 0.6) is 0 Å². The van der Waals surface area contributed by atoms with E-state index in [0.29, 0.717) is 0 Å². The summed E-state index contributed by atoms with van der Waals surface area (Å²) in [5, 5.41) is 0. The molecule has 0 aliphatic heterocycles. The van der Waals surface area contributed by atoms with Crippen LogP contribution in [-0.4, -0.2) is 0 Å². The summed E-state index contributed by atoms with van der Waals surface area (Å²) < 4.78 is 0. The third-order valence-electron chi connectivity index (χ3n) is 7.71. The van der Waals surface area contributed by atoms with Crippen LogP contribution in [0.25, 0.3) is 22.3 Å². The van der Waals surface area contributed by atoms with E-state index in [1.807, 2.05) is 13.8 Å². The van der Waals surface area contributed by atoms with Crippen LogP contribution in [-0.2, 0) is 10.8 Å². The van der Waals surface area contributed by atoms with Gasteiger partial charge in [0.15, 0.2) is 0 Å². The van der Waals surface area contributed by atoms with Gasteiger partial charge < -0.3 is 4.90 Å². The summed E-state index contributed by atoms with van der Waals surface area (Å²) in [7, 11) is 0. The minimum atomic E-state index is 0.155. The van der Waals surface area contributed by atoms with Gasteiger partial charge in [-0.1, -0.05) is 146 Å². The maximum absolute atomic E-state index is 2.33. The molecule has 0 atom stereocenters. The van der Waals surface area contributed by atoms with Crippen molar-refractivity contribution in [3.8, 4) is 22.3 Å². The van der Waals surface area contributed by atoms with E-state index in [2.05, 4.69) is 175 Å². The predicted octanol–water partition coefficient (Wildman–Crippen LogP) is 12.4. The molecule has 5 rings (SSSR count). The third kappa shape index (κ3) is 7.21. The van der Waals surface area contributed by atoms with Gasteiger partial charge in [0, 0.05) is 17.1 Å². The molecule has 1 heteroatoms. The van der Waals surface area contributed by atoms with Crippen LogP contribution in [0.1, 0.15) is 72.1 Å². The highest BCUT2D eigenvalue weighted by molar-refractivity contribution is 5.80. The Morgan fingerprint density at radius 1 is 0.357 bits per heavy atom. The van der Waals surface area contributed by atoms with Gasteiger partial charge in [0.05, 0.1) is 0 Å². The van der Waals surface area contributed by atoms with E-state index < -0.39 is 0 Å². The largest absolute Gasteiger partial charge is 0.311 e. The monoisotopic (exact) mass is 553 g/mol. The van der Waals surface area contributed by atoms with Gasteiger partial charge in [0.1, 0.15) is 0 Å². The first kappa shape index (κ1) is 30.8. The van der Waals surface area contributed by atoms with Crippen LogP contribution in [0, 0.1) is 6.92 Å². The van der Waals surface area contributed by atoms with Gasteiger partial charge in [0.2, 0.25) is 0 Å². The summed E-state index contributed by atoms with van der Waals surface area (Å²) >= 11 is 0. The van der Waals surface area contributed by atoms with Crippen LogP contribution in [0.3, 0.4) is 0 Å². The SMILES string of the molecule is CC.Cc1ccc(N(c2ccc(-c3ccc(C(C)(C)C)cc3)cc2)c2ccc(-c3ccc(C(C)(C)C)cc3)cc2)cc1. The van der Waals surface area contributed by atoms with Gasteiger partial charge in [-0.05, 0) is 87.5 Å². The number of benzene rings is 5. The summed E-state index contributed by atoms with van der Waals surface area (Å²) in [4.78, 5) is 2.33. The van der Waals surface area contributed by atoms with E-state index in [9.17, 15) is 0 Å². The van der Waals surface area contributed by atoms with Crippen LogP contribution < -0.4 is 4.90 Å². The number of hydrogen-bond donors (Lipinski definition) is 0. The maximum Gasteiger partial charge on any atom is 0.0462 e. The molecule has 0 aliphatic rings. The van der Waals surface area contributed by atoms with Crippen molar-refractivity contribution in [2.24, 2.45) is 0 Å². The normalized spacial score (nSPS) is 11.5. The van der Waals surface area contributed by atoms with Gasteiger partial charge in [-0.25, -0.2) is 0 Å². The van der Waals surface area contributed by atoms with Gasteiger partial charge >= 0.3 is 0 Å². The zero-order valence-corrected chi connectivity index (χ0v) is 27.0. The minimum absolute atomic E-state index is 0.155. The summed E-state index contributed by atoms with van der Waals surface area (Å²) in [6.45, 7) is 19.7. The fourth-order valence-corrected chi connectivity index (χ4v) is 5.07. The van der Waals surface area contributed by atoms with Crippen molar-refractivity contribution in [3.63, 3.8) is 0 Å². The molecular formula is C41H47N. The van der Waals surface area contributed by atoms with Crippen molar-refractivity contribution in [1.82, 2.24) is 0 Å². The van der Waals surface area contributed by atoms with Crippen LogP contribution in [0.4, 0.5) is 17.1 Å². The Labute approximate surface area is 254 Å². The highest BCUT2D eigenvalue weighted by atomic mass is 15.1. The lowest BCUT2D eigenvalue weighted by Gasteiger charge is -2.26. The zero-order chi connectivity index (χ0) is 30.5. The Kier molecular flexibility index (Phi) is 9.42. The smallest absolute Gasteiger partial charge is 0.0462 e. The molecule has 0 spiro atoms. The fraction of sp³-hybridized carbons (Fsp3) is 0.268. The van der Waals surface area contributed by atoms with E-state index in [4.69, 9.17) is 0 Å². The summed E-state index contributed by atoms with van der Waals surface area (Å²) in [5.41, 5.74) is 12.6. The third-order valence-corrected chi connectivity index (χ3v) is 7.71. The molecule has 0 aromatic heterocycles. The standard InChI is InChI=1S/C39H41N.C2H6/c1-28-8-22-35(23-9-28)40(36-24-14-31(15-25-36)29-10-18-33(19-11-29)38(2,3)4)37-26-16-32(17-27-37)30-12-20-34(21-13-30)39(5,6)7;1-2/h8-27H,1-7H3;1-2H3. The molecule has 0 fully saturated rings. The number of rotatable bonds is 5. The first-order valence-electron chi connectivity index (χ1n) is 15.3. The molecule has 5 aromatic carbocycles. The number of hydrogen-bond acceptors (Lipinski definition) is 1. The van der Waals surface area contributed by atoms with E-state index in [-0.39, 0.29) is 10.8 Å². The van der Waals surface area contributed by atoms with Crippen molar-refractivity contribution < 1.29 is 0 Å². The minimum Gasteiger partial charge on any atom is -0.311 e. The van der Waals surface area contributed by atoms with Crippen LogP contribution in [0.2, 0.25) is 0 Å². The zero-order valence-electron chi connectivity index (χ0n) is 27.0. The molecular weight excluding hydrogens is 506 g/mol. The number of nitrogens with zero attached hydrogens (tertiary/aromatic N) is 1. The second kappa shape index (κ2) is 12.8. The van der Waals surface area contributed by atoms with Crippen molar-refractivity contribution in [2.75, 3.05) is 4.90 Å². The Bertz CT molecular complexity index is 1440. The van der Waals surface area contributed by atoms with Gasteiger partial charge in [-0.3, -0.25) is 0 Å².